The minimum absolute atomic E-state index is 0.150. The fourth-order valence-corrected chi connectivity index (χ4v) is 5.89. The molecule has 1 amide bonds. The molecule has 1 aliphatic heterocycles. The Balaban J connectivity index is 1.26. The molecule has 1 aliphatic rings. The topological polar surface area (TPSA) is 84.6 Å². The second kappa shape index (κ2) is 9.30. The molecule has 1 fully saturated rings. The minimum atomic E-state index is -3.68. The summed E-state index contributed by atoms with van der Waals surface area (Å²) in [7, 11) is -3.68. The van der Waals surface area contributed by atoms with Crippen LogP contribution in [0.5, 0.6) is 0 Å². The molecule has 7 nitrogen and oxygen atoms in total. The zero-order valence-corrected chi connectivity index (χ0v) is 20.2. The van der Waals surface area contributed by atoms with E-state index in [9.17, 15) is 18.4 Å². The highest BCUT2D eigenvalue weighted by Crippen LogP contribution is 2.25. The van der Waals surface area contributed by atoms with Crippen LogP contribution in [0.1, 0.15) is 10.4 Å². The van der Waals surface area contributed by atoms with E-state index >= 15 is 0 Å². The Morgan fingerprint density at radius 3 is 2.26 bits per heavy atom. The van der Waals surface area contributed by atoms with Crippen molar-refractivity contribution in [3.05, 3.63) is 101 Å². The van der Waals surface area contributed by atoms with Gasteiger partial charge in [0.15, 0.2) is 12.4 Å². The Morgan fingerprint density at radius 1 is 0.857 bits per heavy atom. The second-order valence-corrected chi connectivity index (χ2v) is 10.8. The van der Waals surface area contributed by atoms with Gasteiger partial charge < -0.3 is 10.1 Å². The fourth-order valence-electron chi connectivity index (χ4n) is 4.25. The molecule has 5 rings (SSSR count). The lowest BCUT2D eigenvalue weighted by Gasteiger charge is -2.34. The van der Waals surface area contributed by atoms with E-state index in [1.807, 2.05) is 6.07 Å². The van der Waals surface area contributed by atoms with Gasteiger partial charge in [0.1, 0.15) is 0 Å². The van der Waals surface area contributed by atoms with Crippen LogP contribution in [0.15, 0.2) is 90.1 Å². The van der Waals surface area contributed by atoms with E-state index in [0.29, 0.717) is 23.7 Å². The summed E-state index contributed by atoms with van der Waals surface area (Å²) < 4.78 is 28.6. The van der Waals surface area contributed by atoms with Gasteiger partial charge in [-0.1, -0.05) is 35.9 Å². The number of amides is 1. The molecule has 2 heterocycles. The number of piperazine rings is 1. The molecule has 0 unspecified atom stereocenters. The minimum Gasteiger partial charge on any atom is -0.619 e. The van der Waals surface area contributed by atoms with Crippen LogP contribution < -0.4 is 4.73 Å². The maximum absolute atomic E-state index is 13.2. The standard InChI is InChI=1S/C26H22ClN3O4S/c27-24-9-7-22-17-25(10-8-21(22)16-24)35(33,34)30-14-12-28(13-15-30)26(31)20-5-3-19(4-6-20)23-2-1-11-29(32)18-23/h1-11,16-18H,12-15H2. The number of sulfonamides is 1. The summed E-state index contributed by atoms with van der Waals surface area (Å²) >= 11 is 6.02. The first-order valence-electron chi connectivity index (χ1n) is 11.1. The summed E-state index contributed by atoms with van der Waals surface area (Å²) in [6, 6.07) is 20.9. The lowest BCUT2D eigenvalue weighted by Crippen LogP contribution is -2.50. The van der Waals surface area contributed by atoms with Crippen LogP contribution in [0.4, 0.5) is 0 Å². The van der Waals surface area contributed by atoms with Crippen LogP contribution in [0, 0.1) is 5.21 Å². The van der Waals surface area contributed by atoms with Gasteiger partial charge in [0.25, 0.3) is 5.91 Å². The average molecular weight is 508 g/mol. The molecule has 0 radical (unpaired) electrons. The number of hydrogen-bond acceptors (Lipinski definition) is 4. The molecule has 0 spiro atoms. The molecule has 4 aromatic rings. The summed E-state index contributed by atoms with van der Waals surface area (Å²) in [6.07, 6.45) is 2.89. The predicted octanol–water partition coefficient (Wildman–Crippen LogP) is 3.94. The van der Waals surface area contributed by atoms with Gasteiger partial charge >= 0.3 is 0 Å². The van der Waals surface area contributed by atoms with Crippen molar-refractivity contribution in [2.24, 2.45) is 0 Å². The first-order valence-corrected chi connectivity index (χ1v) is 12.9. The molecule has 1 aromatic heterocycles. The number of fused-ring (bicyclic) bond motifs is 1. The number of rotatable bonds is 4. The van der Waals surface area contributed by atoms with Crippen molar-refractivity contribution in [1.29, 1.82) is 0 Å². The van der Waals surface area contributed by atoms with Crippen LogP contribution in [-0.2, 0) is 10.0 Å². The van der Waals surface area contributed by atoms with Crippen molar-refractivity contribution < 1.29 is 17.9 Å². The molecule has 35 heavy (non-hydrogen) atoms. The van der Waals surface area contributed by atoms with E-state index in [2.05, 4.69) is 0 Å². The largest absolute Gasteiger partial charge is 0.619 e. The van der Waals surface area contributed by atoms with Crippen molar-refractivity contribution in [2.45, 2.75) is 4.90 Å². The quantitative estimate of drug-likeness (QED) is 0.309. The normalized spacial score (nSPS) is 14.8. The second-order valence-electron chi connectivity index (χ2n) is 8.38. The monoisotopic (exact) mass is 507 g/mol. The third-order valence-electron chi connectivity index (χ3n) is 6.18. The molecular weight excluding hydrogens is 486 g/mol. The van der Waals surface area contributed by atoms with Crippen molar-refractivity contribution in [3.63, 3.8) is 0 Å². The number of nitrogens with zero attached hydrogens (tertiary/aromatic N) is 3. The van der Waals surface area contributed by atoms with E-state index in [1.165, 1.54) is 16.7 Å². The van der Waals surface area contributed by atoms with Crippen LogP contribution in [-0.4, -0.2) is 49.7 Å². The van der Waals surface area contributed by atoms with E-state index in [1.54, 1.807) is 71.6 Å². The Morgan fingerprint density at radius 2 is 1.54 bits per heavy atom. The number of aromatic nitrogens is 1. The van der Waals surface area contributed by atoms with Crippen molar-refractivity contribution in [3.8, 4) is 11.1 Å². The van der Waals surface area contributed by atoms with E-state index in [0.717, 1.165) is 26.6 Å². The highest BCUT2D eigenvalue weighted by atomic mass is 35.5. The average Bonchev–Trinajstić information content (AvgIpc) is 2.88. The van der Waals surface area contributed by atoms with Crippen molar-refractivity contribution in [1.82, 2.24) is 9.21 Å². The lowest BCUT2D eigenvalue weighted by molar-refractivity contribution is -0.604. The molecule has 178 valence electrons. The fraction of sp³-hybridized carbons (Fsp3) is 0.154. The van der Waals surface area contributed by atoms with Gasteiger partial charge in [-0.2, -0.15) is 9.04 Å². The molecule has 3 aromatic carbocycles. The molecular formula is C26H22ClN3O4S. The molecule has 0 saturated carbocycles. The van der Waals surface area contributed by atoms with Gasteiger partial charge in [0, 0.05) is 48.4 Å². The number of benzene rings is 3. The molecule has 0 atom stereocenters. The van der Waals surface area contributed by atoms with Crippen molar-refractivity contribution in [2.75, 3.05) is 26.2 Å². The third-order valence-corrected chi connectivity index (χ3v) is 8.31. The molecule has 9 heteroatoms. The predicted molar refractivity (Wildman–Crippen MR) is 134 cm³/mol. The first kappa shape index (κ1) is 23.3. The first-order chi connectivity index (χ1) is 16.8. The van der Waals surface area contributed by atoms with Gasteiger partial charge in [-0.25, -0.2) is 8.42 Å². The summed E-state index contributed by atoms with van der Waals surface area (Å²) in [5, 5.41) is 13.8. The number of carbonyl (C=O) groups excluding carboxylic acids is 1. The summed E-state index contributed by atoms with van der Waals surface area (Å²) in [4.78, 5) is 14.9. The van der Waals surface area contributed by atoms with E-state index in [4.69, 9.17) is 11.6 Å². The Hall–Kier alpha value is -3.46. The van der Waals surface area contributed by atoms with Crippen LogP contribution in [0.2, 0.25) is 5.02 Å². The zero-order chi connectivity index (χ0) is 24.6. The summed E-state index contributed by atoms with van der Waals surface area (Å²) in [6.45, 7) is 1.05. The van der Waals surface area contributed by atoms with Gasteiger partial charge in [-0.15, -0.1) is 0 Å². The number of carbonyl (C=O) groups is 1. The zero-order valence-electron chi connectivity index (χ0n) is 18.7. The van der Waals surface area contributed by atoms with Gasteiger partial charge in [0.05, 0.1) is 4.90 Å². The van der Waals surface area contributed by atoms with Crippen LogP contribution in [0.25, 0.3) is 21.9 Å². The lowest BCUT2D eigenvalue weighted by atomic mass is 10.1. The van der Waals surface area contributed by atoms with E-state index in [-0.39, 0.29) is 23.9 Å². The maximum atomic E-state index is 13.2. The summed E-state index contributed by atoms with van der Waals surface area (Å²) in [5.41, 5.74) is 2.11. The van der Waals surface area contributed by atoms with Gasteiger partial charge in [-0.3, -0.25) is 4.79 Å². The SMILES string of the molecule is O=C(c1ccc(-c2ccc[n+]([O-])c2)cc1)N1CCN(S(=O)(=O)c2ccc3cc(Cl)ccc3c2)CC1. The van der Waals surface area contributed by atoms with Crippen molar-refractivity contribution >= 4 is 38.3 Å². The highest BCUT2D eigenvalue weighted by Gasteiger charge is 2.30. The number of halogens is 1. The van der Waals surface area contributed by atoms with Gasteiger partial charge in [0.2, 0.25) is 10.0 Å². The van der Waals surface area contributed by atoms with Gasteiger partial charge in [-0.05, 0) is 58.8 Å². The van der Waals surface area contributed by atoms with E-state index < -0.39 is 10.0 Å². The van der Waals surface area contributed by atoms with Crippen LogP contribution >= 0.6 is 11.6 Å². The van der Waals surface area contributed by atoms with Crippen LogP contribution in [0.3, 0.4) is 0 Å². The number of pyridine rings is 1. The molecule has 0 bridgehead atoms. The third kappa shape index (κ3) is 4.73. The Bertz CT molecular complexity index is 1520. The summed E-state index contributed by atoms with van der Waals surface area (Å²) in [5.74, 6) is -0.150. The smallest absolute Gasteiger partial charge is 0.253 e. The molecule has 1 saturated heterocycles. The molecule has 0 N–H and O–H groups in total. The maximum Gasteiger partial charge on any atom is 0.253 e. The Labute approximate surface area is 208 Å². The highest BCUT2D eigenvalue weighted by molar-refractivity contribution is 7.89. The Kier molecular flexibility index (Phi) is 6.19. The molecule has 0 aliphatic carbocycles. The number of hydrogen-bond donors (Lipinski definition) is 0.